The van der Waals surface area contributed by atoms with Crippen molar-refractivity contribution < 1.29 is 9.53 Å². The molecule has 0 radical (unpaired) electrons. The lowest BCUT2D eigenvalue weighted by Crippen LogP contribution is -2.47. The summed E-state index contributed by atoms with van der Waals surface area (Å²) in [6, 6.07) is 5.17. The van der Waals surface area contributed by atoms with Gasteiger partial charge in [-0.15, -0.1) is 0 Å². The lowest BCUT2D eigenvalue weighted by molar-refractivity contribution is -0.129. The van der Waals surface area contributed by atoms with Crippen LogP contribution < -0.4 is 15.8 Å². The molecule has 0 spiro atoms. The van der Waals surface area contributed by atoms with Gasteiger partial charge in [0.2, 0.25) is 5.91 Å². The summed E-state index contributed by atoms with van der Waals surface area (Å²) in [5.74, 6) is 0.533. The molecule has 98 valence electrons. The summed E-state index contributed by atoms with van der Waals surface area (Å²) in [7, 11) is 1.54. The molecule has 1 fully saturated rings. The molecule has 1 aromatic rings. The Morgan fingerprint density at radius 2 is 2.28 bits per heavy atom. The Morgan fingerprint density at radius 3 is 2.78 bits per heavy atom. The third kappa shape index (κ3) is 2.31. The first-order valence-corrected chi connectivity index (χ1v) is 6.34. The van der Waals surface area contributed by atoms with Gasteiger partial charge in [0.05, 0.1) is 17.5 Å². The van der Waals surface area contributed by atoms with E-state index in [1.807, 2.05) is 0 Å². The van der Waals surface area contributed by atoms with Crippen LogP contribution in [0, 0.1) is 5.41 Å². The highest BCUT2D eigenvalue weighted by Crippen LogP contribution is 2.41. The second-order valence-electron chi connectivity index (χ2n) is 4.64. The van der Waals surface area contributed by atoms with Crippen LogP contribution in [0.4, 0.5) is 5.69 Å². The molecular weight excluding hydrogens is 252 g/mol. The van der Waals surface area contributed by atoms with Crippen molar-refractivity contribution in [3.63, 3.8) is 0 Å². The molecule has 0 bridgehead atoms. The van der Waals surface area contributed by atoms with E-state index in [1.54, 1.807) is 25.3 Å². The molecule has 0 saturated heterocycles. The van der Waals surface area contributed by atoms with Crippen molar-refractivity contribution in [2.24, 2.45) is 11.1 Å². The van der Waals surface area contributed by atoms with Crippen molar-refractivity contribution in [2.75, 3.05) is 19.0 Å². The van der Waals surface area contributed by atoms with Gasteiger partial charge < -0.3 is 15.8 Å². The van der Waals surface area contributed by atoms with E-state index in [0.29, 0.717) is 23.0 Å². The number of hydrogen-bond acceptors (Lipinski definition) is 3. The highest BCUT2D eigenvalue weighted by atomic mass is 35.5. The molecule has 1 saturated carbocycles. The van der Waals surface area contributed by atoms with E-state index in [2.05, 4.69) is 5.32 Å². The Kier molecular flexibility index (Phi) is 3.78. The zero-order valence-corrected chi connectivity index (χ0v) is 11.1. The number of hydrogen-bond donors (Lipinski definition) is 2. The van der Waals surface area contributed by atoms with Crippen LogP contribution in [-0.2, 0) is 4.79 Å². The number of anilines is 1. The molecule has 0 atom stereocenters. The fraction of sp³-hybridized carbons (Fsp3) is 0.462. The summed E-state index contributed by atoms with van der Waals surface area (Å²) in [4.78, 5) is 12.2. The van der Waals surface area contributed by atoms with Crippen molar-refractivity contribution in [1.82, 2.24) is 0 Å². The fourth-order valence-corrected chi connectivity index (χ4v) is 2.32. The second kappa shape index (κ2) is 5.16. The Labute approximate surface area is 111 Å². The Hall–Kier alpha value is -1.26. The number of rotatable bonds is 4. The molecule has 0 aromatic heterocycles. The van der Waals surface area contributed by atoms with Gasteiger partial charge in [-0.05, 0) is 25.0 Å². The second-order valence-corrected chi connectivity index (χ2v) is 5.05. The smallest absolute Gasteiger partial charge is 0.231 e. The fourth-order valence-electron chi connectivity index (χ4n) is 2.13. The molecule has 1 aliphatic rings. The van der Waals surface area contributed by atoms with Crippen molar-refractivity contribution in [3.8, 4) is 5.75 Å². The van der Waals surface area contributed by atoms with E-state index < -0.39 is 0 Å². The number of methoxy groups -OCH3 is 1. The maximum absolute atomic E-state index is 12.2. The van der Waals surface area contributed by atoms with Crippen molar-refractivity contribution in [3.05, 3.63) is 23.2 Å². The molecule has 1 amide bonds. The maximum atomic E-state index is 12.2. The number of benzene rings is 1. The standard InChI is InChI=1S/C13H17ClN2O2/c1-18-11-7-9(3-4-10(11)14)16-12(17)13(8-15)5-2-6-13/h3-4,7H,2,5-6,8,15H2,1H3,(H,16,17). The number of amides is 1. The van der Waals surface area contributed by atoms with Crippen LogP contribution in [0.3, 0.4) is 0 Å². The van der Waals surface area contributed by atoms with Crippen LogP contribution in [-0.4, -0.2) is 19.6 Å². The first kappa shape index (κ1) is 13.2. The van der Waals surface area contributed by atoms with E-state index >= 15 is 0 Å². The van der Waals surface area contributed by atoms with Crippen LogP contribution in [0.25, 0.3) is 0 Å². The van der Waals surface area contributed by atoms with Crippen molar-refractivity contribution in [1.29, 1.82) is 0 Å². The van der Waals surface area contributed by atoms with E-state index in [1.165, 1.54) is 0 Å². The number of halogens is 1. The van der Waals surface area contributed by atoms with E-state index in [9.17, 15) is 4.79 Å². The molecule has 0 aliphatic heterocycles. The maximum Gasteiger partial charge on any atom is 0.231 e. The third-order valence-corrected chi connectivity index (χ3v) is 3.90. The van der Waals surface area contributed by atoms with Crippen LogP contribution >= 0.6 is 11.6 Å². The molecule has 3 N–H and O–H groups in total. The summed E-state index contributed by atoms with van der Waals surface area (Å²) in [6.07, 6.45) is 2.79. The van der Waals surface area contributed by atoms with E-state index in [4.69, 9.17) is 22.1 Å². The number of nitrogens with one attached hydrogen (secondary N) is 1. The minimum Gasteiger partial charge on any atom is -0.495 e. The molecule has 2 rings (SSSR count). The first-order chi connectivity index (χ1) is 8.61. The molecular formula is C13H17ClN2O2. The Bertz CT molecular complexity index is 453. The predicted octanol–water partition coefficient (Wildman–Crippen LogP) is 2.42. The van der Waals surface area contributed by atoms with Gasteiger partial charge in [-0.25, -0.2) is 0 Å². The van der Waals surface area contributed by atoms with E-state index in [0.717, 1.165) is 19.3 Å². The first-order valence-electron chi connectivity index (χ1n) is 5.96. The van der Waals surface area contributed by atoms with Gasteiger partial charge in [0.15, 0.2) is 0 Å². The largest absolute Gasteiger partial charge is 0.495 e. The number of carbonyl (C=O) groups is 1. The minimum atomic E-state index is -0.382. The summed E-state index contributed by atoms with van der Waals surface area (Å²) >= 11 is 5.93. The zero-order valence-electron chi connectivity index (χ0n) is 10.3. The Balaban J connectivity index is 2.12. The van der Waals surface area contributed by atoms with Crippen LogP contribution in [0.15, 0.2) is 18.2 Å². The minimum absolute atomic E-state index is 0.0133. The lowest BCUT2D eigenvalue weighted by atomic mass is 9.68. The topological polar surface area (TPSA) is 64.3 Å². The van der Waals surface area contributed by atoms with Gasteiger partial charge in [-0.3, -0.25) is 4.79 Å². The quantitative estimate of drug-likeness (QED) is 0.881. The highest BCUT2D eigenvalue weighted by Gasteiger charge is 2.42. The van der Waals surface area contributed by atoms with Crippen LogP contribution in [0.2, 0.25) is 5.02 Å². The monoisotopic (exact) mass is 268 g/mol. The van der Waals surface area contributed by atoms with Crippen molar-refractivity contribution >= 4 is 23.2 Å². The van der Waals surface area contributed by atoms with Gasteiger partial charge >= 0.3 is 0 Å². The molecule has 1 aromatic carbocycles. The summed E-state index contributed by atoms with van der Waals surface area (Å²) < 4.78 is 5.11. The number of nitrogens with two attached hydrogens (primary N) is 1. The molecule has 18 heavy (non-hydrogen) atoms. The average molecular weight is 269 g/mol. The van der Waals surface area contributed by atoms with Crippen LogP contribution in [0.5, 0.6) is 5.75 Å². The van der Waals surface area contributed by atoms with Gasteiger partial charge in [0.1, 0.15) is 5.75 Å². The summed E-state index contributed by atoms with van der Waals surface area (Å²) in [5.41, 5.74) is 6.00. The SMILES string of the molecule is COc1cc(NC(=O)C2(CN)CCC2)ccc1Cl. The molecule has 0 unspecified atom stereocenters. The van der Waals surface area contributed by atoms with Crippen LogP contribution in [0.1, 0.15) is 19.3 Å². The lowest BCUT2D eigenvalue weighted by Gasteiger charge is -2.39. The van der Waals surface area contributed by atoms with Gasteiger partial charge in [0.25, 0.3) is 0 Å². The number of carbonyl (C=O) groups excluding carboxylic acids is 1. The normalized spacial score (nSPS) is 16.8. The summed E-state index contributed by atoms with van der Waals surface area (Å²) in [5, 5.41) is 3.40. The highest BCUT2D eigenvalue weighted by molar-refractivity contribution is 6.32. The third-order valence-electron chi connectivity index (χ3n) is 3.59. The van der Waals surface area contributed by atoms with E-state index in [-0.39, 0.29) is 11.3 Å². The Morgan fingerprint density at radius 1 is 1.56 bits per heavy atom. The molecule has 5 heteroatoms. The van der Waals surface area contributed by atoms with Crippen molar-refractivity contribution in [2.45, 2.75) is 19.3 Å². The summed E-state index contributed by atoms with van der Waals surface area (Å²) in [6.45, 7) is 0.392. The zero-order chi connectivity index (χ0) is 13.2. The molecule has 0 heterocycles. The van der Waals surface area contributed by atoms with Gasteiger partial charge in [0, 0.05) is 18.3 Å². The predicted molar refractivity (Wildman–Crippen MR) is 72.0 cm³/mol. The average Bonchev–Trinajstić information content (AvgIpc) is 2.31. The van der Waals surface area contributed by atoms with Gasteiger partial charge in [-0.1, -0.05) is 18.0 Å². The molecule has 4 nitrogen and oxygen atoms in total. The number of ether oxygens (including phenoxy) is 1. The van der Waals surface area contributed by atoms with Gasteiger partial charge in [-0.2, -0.15) is 0 Å². The molecule has 1 aliphatic carbocycles.